The predicted octanol–water partition coefficient (Wildman–Crippen LogP) is 2.42. The van der Waals surface area contributed by atoms with Gasteiger partial charge in [-0.3, -0.25) is 4.90 Å². The maximum absolute atomic E-state index is 10.4. The summed E-state index contributed by atoms with van der Waals surface area (Å²) in [5.74, 6) is 0.383. The molecule has 1 saturated heterocycles. The minimum absolute atomic E-state index is 0.352. The summed E-state index contributed by atoms with van der Waals surface area (Å²) in [4.78, 5) is 4.27. The maximum Gasteiger partial charge on any atom is 0.216 e. The summed E-state index contributed by atoms with van der Waals surface area (Å²) in [5.41, 5.74) is 2.25. The molecule has 3 unspecified atom stereocenters. The van der Waals surface area contributed by atoms with Crippen molar-refractivity contribution in [3.8, 4) is 0 Å². The van der Waals surface area contributed by atoms with Crippen molar-refractivity contribution in [2.24, 2.45) is 0 Å². The van der Waals surface area contributed by atoms with E-state index >= 15 is 0 Å². The molecule has 1 N–H and O–H groups in total. The number of ether oxygens (including phenoxy) is 1. The Bertz CT molecular complexity index is 479. The number of benzene rings is 1. The molecule has 0 amide bonds. The second-order valence-electron chi connectivity index (χ2n) is 7.56. The van der Waals surface area contributed by atoms with Gasteiger partial charge in [-0.1, -0.05) is 29.8 Å². The fraction of sp³-hybridized carbons (Fsp3) is 0.667. The zero-order chi connectivity index (χ0) is 16.5. The zero-order valence-electron chi connectivity index (χ0n) is 14.7. The number of hydrogen-bond acceptors (Lipinski definition) is 4. The number of likely N-dealkylation sites (tertiary alicyclic amines) is 1. The van der Waals surface area contributed by atoms with Gasteiger partial charge in [-0.05, 0) is 47.4 Å². The molecule has 0 aliphatic carbocycles. The molecular weight excluding hydrogens is 276 g/mol. The van der Waals surface area contributed by atoms with E-state index in [1.54, 1.807) is 0 Å². The third kappa shape index (κ3) is 4.29. The van der Waals surface area contributed by atoms with Crippen molar-refractivity contribution >= 4 is 0 Å². The van der Waals surface area contributed by atoms with E-state index in [4.69, 9.17) is 4.74 Å². The van der Waals surface area contributed by atoms with Gasteiger partial charge in [0, 0.05) is 25.0 Å². The number of rotatable bonds is 4. The summed E-state index contributed by atoms with van der Waals surface area (Å²) < 4.78 is 5.72. The summed E-state index contributed by atoms with van der Waals surface area (Å²) in [6, 6.07) is 9.11. The van der Waals surface area contributed by atoms with Gasteiger partial charge in [0.2, 0.25) is 6.41 Å². The average Bonchev–Trinajstić information content (AvgIpc) is 2.83. The van der Waals surface area contributed by atoms with Crippen molar-refractivity contribution in [2.45, 2.75) is 51.7 Å². The molecule has 1 aliphatic rings. The number of aliphatic hydroxyl groups excluding tert-OH is 1. The summed E-state index contributed by atoms with van der Waals surface area (Å²) in [5, 5.41) is 10.4. The number of hydrogen-bond donors (Lipinski definition) is 1. The molecule has 1 heterocycles. The Labute approximate surface area is 134 Å². The first-order valence-corrected chi connectivity index (χ1v) is 8.00. The Morgan fingerprint density at radius 2 is 1.77 bits per heavy atom. The van der Waals surface area contributed by atoms with Crippen molar-refractivity contribution in [3.63, 3.8) is 0 Å². The van der Waals surface area contributed by atoms with E-state index in [1.807, 2.05) is 25.7 Å². The lowest BCUT2D eigenvalue weighted by molar-refractivity contribution is -0.234. The lowest BCUT2D eigenvalue weighted by atomic mass is 9.93. The smallest absolute Gasteiger partial charge is 0.216 e. The van der Waals surface area contributed by atoms with Crippen molar-refractivity contribution in [1.82, 2.24) is 9.80 Å². The third-order valence-corrected chi connectivity index (χ3v) is 4.26. The number of aliphatic hydroxyl groups is 1. The monoisotopic (exact) mass is 306 g/mol. The van der Waals surface area contributed by atoms with E-state index < -0.39 is 6.41 Å². The largest absolute Gasteiger partial charge is 0.356 e. The van der Waals surface area contributed by atoms with Crippen LogP contribution in [0.25, 0.3) is 0 Å². The predicted molar refractivity (Wildman–Crippen MR) is 89.8 cm³/mol. The molecule has 0 spiro atoms. The number of nitrogens with zero attached hydrogens (tertiary/aromatic N) is 2. The van der Waals surface area contributed by atoms with Gasteiger partial charge >= 0.3 is 0 Å². The Morgan fingerprint density at radius 1 is 1.18 bits per heavy atom. The molecule has 1 aromatic rings. The molecule has 1 aromatic carbocycles. The summed E-state index contributed by atoms with van der Waals surface area (Å²) in [7, 11) is 4.21. The minimum atomic E-state index is -0.849. The average molecular weight is 306 g/mol. The zero-order valence-corrected chi connectivity index (χ0v) is 14.7. The Hall–Kier alpha value is -0.940. The number of aryl methyl sites for hydroxylation is 1. The van der Waals surface area contributed by atoms with Gasteiger partial charge in [-0.15, -0.1) is 0 Å². The first-order chi connectivity index (χ1) is 10.2. The molecule has 0 radical (unpaired) electrons. The molecule has 2 rings (SSSR count). The lowest BCUT2D eigenvalue weighted by Gasteiger charge is -2.30. The van der Waals surface area contributed by atoms with Crippen LogP contribution in [0.3, 0.4) is 0 Å². The van der Waals surface area contributed by atoms with Crippen molar-refractivity contribution in [1.29, 1.82) is 0 Å². The van der Waals surface area contributed by atoms with Gasteiger partial charge in [-0.25, -0.2) is 0 Å². The molecule has 4 heteroatoms. The Balaban J connectivity index is 2.14. The van der Waals surface area contributed by atoms with Crippen molar-refractivity contribution < 1.29 is 9.84 Å². The fourth-order valence-electron chi connectivity index (χ4n) is 3.05. The maximum atomic E-state index is 10.4. The number of likely N-dealkylation sites (N-methyl/N-ethyl adjacent to an activating group) is 1. The molecule has 0 aromatic heterocycles. The topological polar surface area (TPSA) is 35.9 Å². The SMILES string of the molecule is Cc1ccc(C2CN(C(O)OC(C)(C)C)CC2N(C)C)cc1. The molecule has 124 valence electrons. The van der Waals surface area contributed by atoms with E-state index in [9.17, 15) is 5.11 Å². The van der Waals surface area contributed by atoms with Crippen LogP contribution in [0.15, 0.2) is 24.3 Å². The normalized spacial score (nSPS) is 24.9. The van der Waals surface area contributed by atoms with Crippen molar-refractivity contribution in [2.75, 3.05) is 27.2 Å². The van der Waals surface area contributed by atoms with Gasteiger partial charge in [0.1, 0.15) is 0 Å². The highest BCUT2D eigenvalue weighted by molar-refractivity contribution is 5.27. The van der Waals surface area contributed by atoms with Gasteiger partial charge in [0.25, 0.3) is 0 Å². The minimum Gasteiger partial charge on any atom is -0.356 e. The quantitative estimate of drug-likeness (QED) is 0.867. The summed E-state index contributed by atoms with van der Waals surface area (Å²) in [6.07, 6.45) is -0.849. The fourth-order valence-corrected chi connectivity index (χ4v) is 3.05. The van der Waals surface area contributed by atoms with Crippen LogP contribution in [0.5, 0.6) is 0 Å². The molecule has 1 aliphatic heterocycles. The van der Waals surface area contributed by atoms with Crippen LogP contribution in [-0.4, -0.2) is 60.1 Å². The van der Waals surface area contributed by atoms with E-state index in [1.165, 1.54) is 11.1 Å². The highest BCUT2D eigenvalue weighted by atomic mass is 16.6. The highest BCUT2D eigenvalue weighted by Gasteiger charge is 2.38. The molecule has 22 heavy (non-hydrogen) atoms. The summed E-state index contributed by atoms with van der Waals surface area (Å²) >= 11 is 0. The Morgan fingerprint density at radius 3 is 2.27 bits per heavy atom. The molecule has 0 bridgehead atoms. The molecule has 3 atom stereocenters. The molecule has 4 nitrogen and oxygen atoms in total. The standard InChI is InChI=1S/C18H30N2O2/c1-13-7-9-14(10-8-13)15-11-20(12-16(15)19(5)6)17(21)22-18(2,3)4/h7-10,15-17,21H,11-12H2,1-6H3. The van der Waals surface area contributed by atoms with Crippen LogP contribution >= 0.6 is 0 Å². The first kappa shape index (κ1) is 17.4. The van der Waals surface area contributed by atoms with E-state index in [0.717, 1.165) is 13.1 Å². The third-order valence-electron chi connectivity index (χ3n) is 4.26. The second-order valence-corrected chi connectivity index (χ2v) is 7.56. The van der Waals surface area contributed by atoms with Crippen LogP contribution in [0.1, 0.15) is 37.8 Å². The van der Waals surface area contributed by atoms with Crippen LogP contribution in [0.4, 0.5) is 0 Å². The van der Waals surface area contributed by atoms with Gasteiger partial charge in [0.15, 0.2) is 0 Å². The highest BCUT2D eigenvalue weighted by Crippen LogP contribution is 2.32. The first-order valence-electron chi connectivity index (χ1n) is 8.00. The van der Waals surface area contributed by atoms with E-state index in [-0.39, 0.29) is 5.60 Å². The van der Waals surface area contributed by atoms with Crippen molar-refractivity contribution in [3.05, 3.63) is 35.4 Å². The van der Waals surface area contributed by atoms with Crippen LogP contribution < -0.4 is 0 Å². The summed E-state index contributed by atoms with van der Waals surface area (Å²) in [6.45, 7) is 9.62. The van der Waals surface area contributed by atoms with E-state index in [2.05, 4.69) is 50.2 Å². The van der Waals surface area contributed by atoms with Crippen LogP contribution in [0.2, 0.25) is 0 Å². The van der Waals surface area contributed by atoms with Gasteiger partial charge in [-0.2, -0.15) is 0 Å². The molecule has 1 fully saturated rings. The lowest BCUT2D eigenvalue weighted by Crippen LogP contribution is -2.42. The second kappa shape index (κ2) is 6.67. The molecule has 0 saturated carbocycles. The van der Waals surface area contributed by atoms with Crippen LogP contribution in [0, 0.1) is 6.92 Å². The van der Waals surface area contributed by atoms with Crippen LogP contribution in [-0.2, 0) is 4.74 Å². The van der Waals surface area contributed by atoms with E-state index in [0.29, 0.717) is 12.0 Å². The Kier molecular flexibility index (Phi) is 5.28. The van der Waals surface area contributed by atoms with Gasteiger partial charge < -0.3 is 14.7 Å². The van der Waals surface area contributed by atoms with Gasteiger partial charge in [0.05, 0.1) is 5.60 Å². The molecular formula is C18H30N2O2.